The van der Waals surface area contributed by atoms with Crippen molar-refractivity contribution in [2.24, 2.45) is 11.5 Å². The summed E-state index contributed by atoms with van der Waals surface area (Å²) in [5.74, 6) is -1.53. The molecule has 0 aliphatic heterocycles. The fraction of sp³-hybridized carbons (Fsp3) is 0.600. The molecule has 10 heteroatoms. The van der Waals surface area contributed by atoms with E-state index in [0.29, 0.717) is 25.8 Å². The van der Waals surface area contributed by atoms with Gasteiger partial charge in [0.05, 0.1) is 6.61 Å². The van der Waals surface area contributed by atoms with Crippen LogP contribution in [0.15, 0.2) is 11.8 Å². The molecule has 20 heavy (non-hydrogen) atoms. The first-order chi connectivity index (χ1) is 9.22. The summed E-state index contributed by atoms with van der Waals surface area (Å²) in [6, 6.07) is 0. The maximum absolute atomic E-state index is 10.9. The van der Waals surface area contributed by atoms with Crippen LogP contribution in [-0.2, 0) is 18.7 Å². The standard InChI is InChI=1S/C10H20N3O6P/c11-9(14)7-8(10(12)15)13-5-3-1-2-4-6-19-20(16,17)18/h7,13H,1-6H2,(H2,11,14)(H2,12,15)(H2,16,17,18)/b8-7-. The molecule has 0 bridgehead atoms. The minimum Gasteiger partial charge on any atom is -0.380 e. The third kappa shape index (κ3) is 11.7. The quantitative estimate of drug-likeness (QED) is 0.187. The molecule has 0 aromatic heterocycles. The van der Waals surface area contributed by atoms with Crippen molar-refractivity contribution < 1.29 is 28.5 Å². The molecule has 0 atom stereocenters. The van der Waals surface area contributed by atoms with Crippen LogP contribution < -0.4 is 16.8 Å². The molecule has 0 heterocycles. The highest BCUT2D eigenvalue weighted by Crippen LogP contribution is 2.35. The minimum absolute atomic E-state index is 0.00811. The van der Waals surface area contributed by atoms with Crippen LogP contribution >= 0.6 is 7.82 Å². The van der Waals surface area contributed by atoms with Gasteiger partial charge >= 0.3 is 7.82 Å². The largest absolute Gasteiger partial charge is 0.469 e. The molecule has 0 aromatic carbocycles. The van der Waals surface area contributed by atoms with Crippen molar-refractivity contribution in [2.75, 3.05) is 13.2 Å². The van der Waals surface area contributed by atoms with Gasteiger partial charge in [-0.05, 0) is 12.8 Å². The van der Waals surface area contributed by atoms with Gasteiger partial charge in [-0.2, -0.15) is 0 Å². The molecule has 9 nitrogen and oxygen atoms in total. The Balaban J connectivity index is 3.68. The second-order valence-corrected chi connectivity index (χ2v) is 5.23. The topological polar surface area (TPSA) is 165 Å². The number of hydrogen-bond donors (Lipinski definition) is 5. The Bertz CT molecular complexity index is 406. The maximum atomic E-state index is 10.9. The summed E-state index contributed by atoms with van der Waals surface area (Å²) < 4.78 is 14.6. The van der Waals surface area contributed by atoms with Gasteiger partial charge in [0.25, 0.3) is 5.91 Å². The van der Waals surface area contributed by atoms with Gasteiger partial charge in [-0.25, -0.2) is 4.57 Å². The molecule has 0 radical (unpaired) electrons. The van der Waals surface area contributed by atoms with Gasteiger partial charge in [0.1, 0.15) is 5.70 Å². The van der Waals surface area contributed by atoms with Gasteiger partial charge in [-0.1, -0.05) is 12.8 Å². The van der Waals surface area contributed by atoms with Crippen molar-refractivity contribution >= 4 is 19.6 Å². The first kappa shape index (κ1) is 18.6. The zero-order chi connectivity index (χ0) is 15.6. The van der Waals surface area contributed by atoms with E-state index in [9.17, 15) is 14.2 Å². The van der Waals surface area contributed by atoms with Gasteiger partial charge in [0.2, 0.25) is 5.91 Å². The first-order valence-electron chi connectivity index (χ1n) is 5.97. The highest BCUT2D eigenvalue weighted by Gasteiger charge is 2.12. The molecule has 0 fully saturated rings. The molecule has 0 saturated carbocycles. The highest BCUT2D eigenvalue weighted by atomic mass is 31.2. The zero-order valence-corrected chi connectivity index (χ0v) is 11.8. The van der Waals surface area contributed by atoms with Crippen LogP contribution in [0, 0.1) is 0 Å². The number of nitrogens with two attached hydrogens (primary N) is 2. The van der Waals surface area contributed by atoms with Gasteiger partial charge in [-0.3, -0.25) is 14.1 Å². The van der Waals surface area contributed by atoms with E-state index < -0.39 is 19.6 Å². The van der Waals surface area contributed by atoms with E-state index in [1.54, 1.807) is 0 Å². The van der Waals surface area contributed by atoms with E-state index >= 15 is 0 Å². The minimum atomic E-state index is -4.38. The molecule has 7 N–H and O–H groups in total. The van der Waals surface area contributed by atoms with E-state index in [4.69, 9.17) is 21.3 Å². The van der Waals surface area contributed by atoms with Gasteiger partial charge in [0, 0.05) is 12.6 Å². The SMILES string of the molecule is NC(=O)/C=C(\NCCCCCCOP(=O)(O)O)C(N)=O. The number of carbonyl (C=O) groups excluding carboxylic acids is 2. The molecule has 0 rings (SSSR count). The highest BCUT2D eigenvalue weighted by molar-refractivity contribution is 7.46. The molecule has 116 valence electrons. The number of hydrogen-bond acceptors (Lipinski definition) is 5. The summed E-state index contributed by atoms with van der Waals surface area (Å²) in [4.78, 5) is 38.4. The van der Waals surface area contributed by atoms with Crippen LogP contribution in [-0.4, -0.2) is 34.8 Å². The van der Waals surface area contributed by atoms with Crippen LogP contribution in [0.2, 0.25) is 0 Å². The fourth-order valence-electron chi connectivity index (χ4n) is 1.34. The number of primary amides is 2. The molecule has 0 unspecified atom stereocenters. The monoisotopic (exact) mass is 309 g/mol. The summed E-state index contributed by atoms with van der Waals surface area (Å²) in [5, 5.41) is 2.70. The van der Waals surface area contributed by atoms with Crippen molar-refractivity contribution in [1.82, 2.24) is 5.32 Å². The lowest BCUT2D eigenvalue weighted by atomic mass is 10.2. The van der Waals surface area contributed by atoms with Crippen LogP contribution in [0.5, 0.6) is 0 Å². The summed E-state index contributed by atoms with van der Waals surface area (Å²) in [6.07, 6.45) is 3.62. The number of phosphoric acid groups is 1. The average molecular weight is 309 g/mol. The maximum Gasteiger partial charge on any atom is 0.469 e. The molecule has 2 amide bonds. The first-order valence-corrected chi connectivity index (χ1v) is 7.50. The Morgan fingerprint density at radius 2 is 1.75 bits per heavy atom. The second kappa shape index (κ2) is 9.49. The summed E-state index contributed by atoms with van der Waals surface area (Å²) in [7, 11) is -4.38. The van der Waals surface area contributed by atoms with E-state index in [0.717, 1.165) is 12.5 Å². The molecule has 0 aromatic rings. The van der Waals surface area contributed by atoms with Crippen LogP contribution in [0.25, 0.3) is 0 Å². The molecular formula is C10H20N3O6P. The Hall–Kier alpha value is -1.41. The van der Waals surface area contributed by atoms with Crippen molar-refractivity contribution in [3.05, 3.63) is 11.8 Å². The van der Waals surface area contributed by atoms with E-state index in [1.165, 1.54) is 0 Å². The number of carbonyl (C=O) groups is 2. The predicted molar refractivity (Wildman–Crippen MR) is 70.9 cm³/mol. The average Bonchev–Trinajstić information content (AvgIpc) is 2.28. The van der Waals surface area contributed by atoms with Crippen LogP contribution in [0.1, 0.15) is 25.7 Å². The summed E-state index contributed by atoms with van der Waals surface area (Å²) >= 11 is 0. The van der Waals surface area contributed by atoms with E-state index in [1.807, 2.05) is 0 Å². The molecule has 0 spiro atoms. The number of phosphoric ester groups is 1. The number of nitrogens with one attached hydrogen (secondary N) is 1. The third-order valence-corrected chi connectivity index (χ3v) is 2.72. The van der Waals surface area contributed by atoms with Crippen molar-refractivity contribution in [1.29, 1.82) is 0 Å². The fourth-order valence-corrected chi connectivity index (χ4v) is 1.71. The Morgan fingerprint density at radius 3 is 2.25 bits per heavy atom. The lowest BCUT2D eigenvalue weighted by Gasteiger charge is -2.07. The predicted octanol–water partition coefficient (Wildman–Crippen LogP) is -0.900. The second-order valence-electron chi connectivity index (χ2n) is 3.99. The normalized spacial score (nSPS) is 12.2. The van der Waals surface area contributed by atoms with E-state index in [-0.39, 0.29) is 12.3 Å². The van der Waals surface area contributed by atoms with Gasteiger partial charge in [0.15, 0.2) is 0 Å². The number of rotatable bonds is 11. The zero-order valence-electron chi connectivity index (χ0n) is 10.9. The molecule has 0 saturated heterocycles. The van der Waals surface area contributed by atoms with E-state index in [2.05, 4.69) is 9.84 Å². The van der Waals surface area contributed by atoms with Crippen molar-refractivity contribution in [2.45, 2.75) is 25.7 Å². The van der Waals surface area contributed by atoms with Gasteiger partial charge in [-0.15, -0.1) is 0 Å². The van der Waals surface area contributed by atoms with Crippen molar-refractivity contribution in [3.8, 4) is 0 Å². The molecular weight excluding hydrogens is 289 g/mol. The Labute approximate surface area is 116 Å². The lowest BCUT2D eigenvalue weighted by molar-refractivity contribution is -0.116. The lowest BCUT2D eigenvalue weighted by Crippen LogP contribution is -2.28. The summed E-state index contributed by atoms with van der Waals surface area (Å²) in [5.41, 5.74) is 9.91. The molecule has 0 aliphatic rings. The molecule has 0 aliphatic carbocycles. The smallest absolute Gasteiger partial charge is 0.380 e. The number of unbranched alkanes of at least 4 members (excludes halogenated alkanes) is 3. The van der Waals surface area contributed by atoms with Gasteiger partial charge < -0.3 is 26.6 Å². The van der Waals surface area contributed by atoms with Crippen molar-refractivity contribution in [3.63, 3.8) is 0 Å². The van der Waals surface area contributed by atoms with Crippen LogP contribution in [0.4, 0.5) is 0 Å². The Morgan fingerprint density at radius 1 is 1.15 bits per heavy atom. The Kier molecular flexibility index (Phi) is 8.82. The third-order valence-electron chi connectivity index (χ3n) is 2.20. The number of amides is 2. The summed E-state index contributed by atoms with van der Waals surface area (Å²) in [6.45, 7) is 0.424. The van der Waals surface area contributed by atoms with Crippen LogP contribution in [0.3, 0.4) is 0 Å².